The van der Waals surface area contributed by atoms with E-state index in [4.69, 9.17) is 4.74 Å². The molecule has 30 heavy (non-hydrogen) atoms. The third kappa shape index (κ3) is 4.74. The number of rotatable bonds is 8. The monoisotopic (exact) mass is 428 g/mol. The summed E-state index contributed by atoms with van der Waals surface area (Å²) in [4.78, 5) is 13.3. The summed E-state index contributed by atoms with van der Waals surface area (Å²) in [7, 11) is -1.88. The number of hydrogen-bond acceptors (Lipinski definition) is 4. The Balaban J connectivity index is 1.48. The minimum absolute atomic E-state index is 0.0893. The van der Waals surface area contributed by atoms with Crippen LogP contribution in [0.1, 0.15) is 50.2 Å². The molecule has 0 radical (unpaired) electrons. The van der Waals surface area contributed by atoms with Crippen molar-refractivity contribution in [1.82, 2.24) is 4.31 Å². The normalized spacial score (nSPS) is 18.5. The molecule has 1 atom stereocenters. The van der Waals surface area contributed by atoms with E-state index in [0.717, 1.165) is 44.1 Å². The second-order valence-electron chi connectivity index (χ2n) is 8.10. The van der Waals surface area contributed by atoms with Crippen molar-refractivity contribution in [3.63, 3.8) is 0 Å². The van der Waals surface area contributed by atoms with Crippen molar-refractivity contribution < 1.29 is 17.9 Å². The van der Waals surface area contributed by atoms with Gasteiger partial charge in [-0.3, -0.25) is 4.79 Å². The molecule has 0 aromatic heterocycles. The van der Waals surface area contributed by atoms with Gasteiger partial charge < -0.3 is 10.1 Å². The summed E-state index contributed by atoms with van der Waals surface area (Å²) in [5.74, 6) is -0.251. The molecule has 0 spiro atoms. The van der Waals surface area contributed by atoms with Gasteiger partial charge in [0.25, 0.3) is 5.91 Å². The Labute approximate surface area is 178 Å². The number of anilines is 1. The minimum Gasteiger partial charge on any atom is -0.360 e. The highest BCUT2D eigenvalue weighted by Gasteiger charge is 2.35. The lowest BCUT2D eigenvalue weighted by Gasteiger charge is -2.22. The summed E-state index contributed by atoms with van der Waals surface area (Å²) in [6.45, 7) is 0. The summed E-state index contributed by atoms with van der Waals surface area (Å²) in [6, 6.07) is 15.9. The maximum atomic E-state index is 13.0. The van der Waals surface area contributed by atoms with E-state index in [9.17, 15) is 13.2 Å². The number of sulfonamides is 1. The molecule has 2 aromatic rings. The molecule has 2 aromatic carbocycles. The van der Waals surface area contributed by atoms with E-state index in [-0.39, 0.29) is 22.9 Å². The second-order valence-corrected chi connectivity index (χ2v) is 10.1. The van der Waals surface area contributed by atoms with Crippen molar-refractivity contribution in [2.45, 2.75) is 61.7 Å². The van der Waals surface area contributed by atoms with Crippen molar-refractivity contribution in [2.24, 2.45) is 0 Å². The molecule has 2 saturated carbocycles. The predicted molar refractivity (Wildman–Crippen MR) is 116 cm³/mol. The molecule has 6 nitrogen and oxygen atoms in total. The Morgan fingerprint density at radius 3 is 2.23 bits per heavy atom. The lowest BCUT2D eigenvalue weighted by Crippen LogP contribution is -2.29. The van der Waals surface area contributed by atoms with Gasteiger partial charge in [-0.05, 0) is 55.5 Å². The van der Waals surface area contributed by atoms with Crippen LogP contribution >= 0.6 is 0 Å². The molecule has 2 aliphatic carbocycles. The number of carbonyl (C=O) groups is 1. The van der Waals surface area contributed by atoms with Crippen molar-refractivity contribution in [2.75, 3.05) is 12.4 Å². The van der Waals surface area contributed by atoms with Gasteiger partial charge in [0.15, 0.2) is 6.10 Å². The minimum atomic E-state index is -3.50. The third-order valence-corrected chi connectivity index (χ3v) is 7.76. The van der Waals surface area contributed by atoms with E-state index in [0.29, 0.717) is 5.69 Å². The topological polar surface area (TPSA) is 75.7 Å². The fourth-order valence-corrected chi connectivity index (χ4v) is 5.27. The molecule has 1 amide bonds. The van der Waals surface area contributed by atoms with Crippen LogP contribution in [0.5, 0.6) is 0 Å². The molecular formula is C23H28N2O4S. The molecule has 0 aliphatic heterocycles. The maximum Gasteiger partial charge on any atom is 0.258 e. The van der Waals surface area contributed by atoms with E-state index in [1.54, 1.807) is 31.3 Å². The van der Waals surface area contributed by atoms with Crippen molar-refractivity contribution in [3.8, 4) is 0 Å². The van der Waals surface area contributed by atoms with Crippen LogP contribution in [-0.2, 0) is 19.6 Å². The van der Waals surface area contributed by atoms with Crippen LogP contribution in [0.3, 0.4) is 0 Å². The Bertz CT molecular complexity index is 966. The molecule has 0 heterocycles. The van der Waals surface area contributed by atoms with Crippen LogP contribution in [-0.4, -0.2) is 37.8 Å². The molecule has 1 N–H and O–H groups in total. The number of carbonyl (C=O) groups excluding carboxylic acids is 1. The molecule has 160 valence electrons. The summed E-state index contributed by atoms with van der Waals surface area (Å²) in [5.41, 5.74) is 1.36. The summed E-state index contributed by atoms with van der Waals surface area (Å²) in [6.07, 6.45) is 5.40. The lowest BCUT2D eigenvalue weighted by atomic mass is 10.1. The second kappa shape index (κ2) is 8.88. The van der Waals surface area contributed by atoms with Crippen LogP contribution in [0.15, 0.2) is 59.5 Å². The maximum absolute atomic E-state index is 13.0. The smallest absolute Gasteiger partial charge is 0.258 e. The van der Waals surface area contributed by atoms with E-state index in [1.165, 1.54) is 4.31 Å². The zero-order chi connectivity index (χ0) is 21.1. The highest BCUT2D eigenvalue weighted by Crippen LogP contribution is 2.31. The van der Waals surface area contributed by atoms with Gasteiger partial charge in [-0.25, -0.2) is 8.42 Å². The van der Waals surface area contributed by atoms with Gasteiger partial charge in [-0.2, -0.15) is 4.31 Å². The van der Waals surface area contributed by atoms with E-state index >= 15 is 0 Å². The third-order valence-electron chi connectivity index (χ3n) is 5.83. The highest BCUT2D eigenvalue weighted by atomic mass is 32.2. The SMILES string of the molecule is CN(C1CC1)S(=O)(=O)c1ccc(NC(=O)C(OC2CCCC2)c2ccccc2)cc1. The fraction of sp³-hybridized carbons (Fsp3) is 0.435. The average Bonchev–Trinajstić information content (AvgIpc) is 3.48. The molecule has 2 aliphatic rings. The number of ether oxygens (including phenoxy) is 1. The number of hydrogen-bond donors (Lipinski definition) is 1. The van der Waals surface area contributed by atoms with Gasteiger partial charge in [0.1, 0.15) is 0 Å². The first-order chi connectivity index (χ1) is 14.4. The summed E-state index contributed by atoms with van der Waals surface area (Å²) < 4.78 is 32.9. The van der Waals surface area contributed by atoms with Crippen molar-refractivity contribution in [1.29, 1.82) is 0 Å². The lowest BCUT2D eigenvalue weighted by molar-refractivity contribution is -0.131. The molecule has 1 unspecified atom stereocenters. The van der Waals surface area contributed by atoms with Gasteiger partial charge in [0.2, 0.25) is 10.0 Å². The molecular weight excluding hydrogens is 400 g/mol. The first-order valence-corrected chi connectivity index (χ1v) is 12.0. The van der Waals surface area contributed by atoms with E-state index in [2.05, 4.69) is 5.32 Å². The number of benzene rings is 2. The summed E-state index contributed by atoms with van der Waals surface area (Å²) >= 11 is 0. The number of nitrogens with one attached hydrogen (secondary N) is 1. The molecule has 7 heteroatoms. The zero-order valence-corrected chi connectivity index (χ0v) is 18.0. The standard InChI is InChI=1S/C23H28N2O4S/c1-25(19-13-14-19)30(27,28)21-15-11-18(12-16-21)24-23(26)22(17-7-3-2-4-8-17)29-20-9-5-6-10-20/h2-4,7-8,11-12,15-16,19-20,22H,5-6,9-10,13-14H2,1H3,(H,24,26). The first kappa shape index (κ1) is 21.0. The van der Waals surface area contributed by atoms with Crippen LogP contribution < -0.4 is 5.32 Å². The largest absolute Gasteiger partial charge is 0.360 e. The Kier molecular flexibility index (Phi) is 6.22. The Morgan fingerprint density at radius 2 is 1.63 bits per heavy atom. The Hall–Kier alpha value is -2.22. The zero-order valence-electron chi connectivity index (χ0n) is 17.2. The van der Waals surface area contributed by atoms with Crippen molar-refractivity contribution in [3.05, 3.63) is 60.2 Å². The number of amides is 1. The molecule has 2 fully saturated rings. The van der Waals surface area contributed by atoms with Gasteiger partial charge in [0.05, 0.1) is 11.0 Å². The molecule has 4 rings (SSSR count). The predicted octanol–water partition coefficient (Wildman–Crippen LogP) is 4.11. The Morgan fingerprint density at radius 1 is 1.00 bits per heavy atom. The summed E-state index contributed by atoms with van der Waals surface area (Å²) in [5, 5.41) is 2.89. The quantitative estimate of drug-likeness (QED) is 0.687. The fourth-order valence-electron chi connectivity index (χ4n) is 3.86. The van der Waals surface area contributed by atoms with Crippen LogP contribution in [0.25, 0.3) is 0 Å². The van der Waals surface area contributed by atoms with Crippen LogP contribution in [0, 0.1) is 0 Å². The van der Waals surface area contributed by atoms with E-state index in [1.807, 2.05) is 30.3 Å². The van der Waals surface area contributed by atoms with E-state index < -0.39 is 16.1 Å². The first-order valence-electron chi connectivity index (χ1n) is 10.5. The van der Waals surface area contributed by atoms with Crippen LogP contribution in [0.4, 0.5) is 5.69 Å². The van der Waals surface area contributed by atoms with Gasteiger partial charge in [0, 0.05) is 18.8 Å². The molecule has 0 bridgehead atoms. The number of nitrogens with zero attached hydrogens (tertiary/aromatic N) is 1. The van der Waals surface area contributed by atoms with Gasteiger partial charge in [-0.1, -0.05) is 43.2 Å². The van der Waals surface area contributed by atoms with Crippen LogP contribution in [0.2, 0.25) is 0 Å². The highest BCUT2D eigenvalue weighted by molar-refractivity contribution is 7.89. The average molecular weight is 429 g/mol. The van der Waals surface area contributed by atoms with Gasteiger partial charge >= 0.3 is 0 Å². The molecule has 0 saturated heterocycles. The van der Waals surface area contributed by atoms with Crippen molar-refractivity contribution >= 4 is 21.6 Å². The van der Waals surface area contributed by atoms with Gasteiger partial charge in [-0.15, -0.1) is 0 Å².